The smallest absolute Gasteiger partial charge is 0.215 e. The highest BCUT2D eigenvalue weighted by Gasteiger charge is 2.41. The SMILES string of the molecule is CC1COCC(C)C1S(=O)(=O)NC1CC1. The van der Waals surface area contributed by atoms with Crippen molar-refractivity contribution in [2.45, 2.75) is 38.0 Å². The molecule has 2 atom stereocenters. The summed E-state index contributed by atoms with van der Waals surface area (Å²) in [7, 11) is -3.15. The summed E-state index contributed by atoms with van der Waals surface area (Å²) in [5, 5.41) is -0.285. The normalized spacial score (nSPS) is 37.9. The third-order valence-corrected chi connectivity index (χ3v) is 5.46. The van der Waals surface area contributed by atoms with Crippen LogP contribution < -0.4 is 4.72 Å². The molecule has 0 radical (unpaired) electrons. The molecule has 0 aromatic heterocycles. The molecule has 5 heteroatoms. The van der Waals surface area contributed by atoms with E-state index in [-0.39, 0.29) is 23.1 Å². The standard InChI is InChI=1S/C10H19NO3S/c1-7-5-14-6-8(2)10(7)15(12,13)11-9-3-4-9/h7-11H,3-6H2,1-2H3. The molecular weight excluding hydrogens is 214 g/mol. The van der Waals surface area contributed by atoms with Crippen molar-refractivity contribution in [3.63, 3.8) is 0 Å². The molecule has 0 amide bonds. The summed E-state index contributed by atoms with van der Waals surface area (Å²) < 4.78 is 32.3. The van der Waals surface area contributed by atoms with E-state index in [1.54, 1.807) is 0 Å². The fraction of sp³-hybridized carbons (Fsp3) is 1.00. The molecular formula is C10H19NO3S. The first-order valence-corrected chi connectivity index (χ1v) is 7.14. The van der Waals surface area contributed by atoms with Crippen molar-refractivity contribution in [1.82, 2.24) is 4.72 Å². The molecule has 0 spiro atoms. The second-order valence-electron chi connectivity index (χ2n) is 4.89. The van der Waals surface area contributed by atoms with E-state index < -0.39 is 10.0 Å². The second kappa shape index (κ2) is 4.03. The number of rotatable bonds is 3. The fourth-order valence-corrected chi connectivity index (χ4v) is 4.55. The molecule has 1 N–H and O–H groups in total. The first-order chi connectivity index (χ1) is 7.00. The topological polar surface area (TPSA) is 55.4 Å². The van der Waals surface area contributed by atoms with Gasteiger partial charge in [-0.2, -0.15) is 0 Å². The van der Waals surface area contributed by atoms with Crippen molar-refractivity contribution >= 4 is 10.0 Å². The molecule has 0 bridgehead atoms. The zero-order valence-corrected chi connectivity index (χ0v) is 10.1. The molecule has 1 heterocycles. The van der Waals surface area contributed by atoms with Crippen LogP contribution in [0.1, 0.15) is 26.7 Å². The molecule has 15 heavy (non-hydrogen) atoms. The van der Waals surface area contributed by atoms with Gasteiger partial charge in [0.25, 0.3) is 0 Å². The van der Waals surface area contributed by atoms with E-state index in [0.29, 0.717) is 13.2 Å². The summed E-state index contributed by atoms with van der Waals surface area (Å²) in [4.78, 5) is 0. The minimum Gasteiger partial charge on any atom is -0.381 e. The van der Waals surface area contributed by atoms with Gasteiger partial charge in [0, 0.05) is 6.04 Å². The van der Waals surface area contributed by atoms with E-state index in [9.17, 15) is 8.42 Å². The maximum Gasteiger partial charge on any atom is 0.215 e. The van der Waals surface area contributed by atoms with Crippen LogP contribution in [-0.4, -0.2) is 32.9 Å². The Morgan fingerprint density at radius 1 is 1.13 bits per heavy atom. The quantitative estimate of drug-likeness (QED) is 0.782. The van der Waals surface area contributed by atoms with Gasteiger partial charge in [-0.15, -0.1) is 0 Å². The van der Waals surface area contributed by atoms with Gasteiger partial charge < -0.3 is 4.74 Å². The summed E-state index contributed by atoms with van der Waals surface area (Å²) >= 11 is 0. The summed E-state index contributed by atoms with van der Waals surface area (Å²) in [6.07, 6.45) is 1.98. The largest absolute Gasteiger partial charge is 0.381 e. The summed E-state index contributed by atoms with van der Waals surface area (Å²) in [5.41, 5.74) is 0. The molecule has 1 aliphatic carbocycles. The molecule has 2 fully saturated rings. The van der Waals surface area contributed by atoms with Crippen LogP contribution in [0.15, 0.2) is 0 Å². The Morgan fingerprint density at radius 3 is 2.13 bits per heavy atom. The first kappa shape index (κ1) is 11.4. The zero-order valence-electron chi connectivity index (χ0n) is 9.27. The van der Waals surface area contributed by atoms with Gasteiger partial charge in [0.15, 0.2) is 0 Å². The fourth-order valence-electron chi connectivity index (χ4n) is 2.31. The summed E-state index contributed by atoms with van der Waals surface area (Å²) in [6, 6.07) is 0.206. The van der Waals surface area contributed by atoms with Crippen LogP contribution in [0.4, 0.5) is 0 Å². The highest BCUT2D eigenvalue weighted by atomic mass is 32.2. The van der Waals surface area contributed by atoms with E-state index in [1.165, 1.54) is 0 Å². The Morgan fingerprint density at radius 2 is 1.67 bits per heavy atom. The lowest BCUT2D eigenvalue weighted by Crippen LogP contribution is -2.48. The Hall–Kier alpha value is -0.130. The van der Waals surface area contributed by atoms with Crippen LogP contribution >= 0.6 is 0 Å². The summed E-state index contributed by atoms with van der Waals surface area (Å²) in [6.45, 7) is 5.01. The van der Waals surface area contributed by atoms with Gasteiger partial charge in [0.05, 0.1) is 18.5 Å². The molecule has 0 aromatic carbocycles. The molecule has 2 aliphatic rings. The lowest BCUT2D eigenvalue weighted by atomic mass is 9.95. The minimum absolute atomic E-state index is 0.0880. The van der Waals surface area contributed by atoms with Crippen molar-refractivity contribution < 1.29 is 13.2 Å². The van der Waals surface area contributed by atoms with Gasteiger partial charge in [-0.3, -0.25) is 0 Å². The van der Waals surface area contributed by atoms with E-state index in [4.69, 9.17) is 4.74 Å². The Bertz CT molecular complexity index is 314. The molecule has 0 aromatic rings. The van der Waals surface area contributed by atoms with Gasteiger partial charge in [-0.05, 0) is 24.7 Å². The van der Waals surface area contributed by atoms with Crippen LogP contribution in [0.5, 0.6) is 0 Å². The van der Waals surface area contributed by atoms with Crippen LogP contribution in [0, 0.1) is 11.8 Å². The highest BCUT2D eigenvalue weighted by molar-refractivity contribution is 7.90. The van der Waals surface area contributed by atoms with Crippen molar-refractivity contribution in [2.24, 2.45) is 11.8 Å². The Kier molecular flexibility index (Phi) is 3.05. The molecule has 1 aliphatic heterocycles. The maximum absolute atomic E-state index is 12.1. The molecule has 88 valence electrons. The highest BCUT2D eigenvalue weighted by Crippen LogP contribution is 2.28. The Labute approximate surface area is 91.4 Å². The average Bonchev–Trinajstić information content (AvgIpc) is 2.86. The molecule has 4 nitrogen and oxygen atoms in total. The predicted molar refractivity (Wildman–Crippen MR) is 58.0 cm³/mol. The third-order valence-electron chi connectivity index (χ3n) is 3.15. The third kappa shape index (κ3) is 2.52. The van der Waals surface area contributed by atoms with E-state index >= 15 is 0 Å². The number of hydrogen-bond donors (Lipinski definition) is 1. The van der Waals surface area contributed by atoms with Crippen molar-refractivity contribution in [3.8, 4) is 0 Å². The first-order valence-electron chi connectivity index (χ1n) is 5.59. The van der Waals surface area contributed by atoms with Gasteiger partial charge in [-0.25, -0.2) is 13.1 Å². The number of ether oxygens (including phenoxy) is 1. The van der Waals surface area contributed by atoms with E-state index in [2.05, 4.69) is 4.72 Å². The van der Waals surface area contributed by atoms with Crippen LogP contribution in [0.3, 0.4) is 0 Å². The van der Waals surface area contributed by atoms with Gasteiger partial charge in [-0.1, -0.05) is 13.8 Å². The lowest BCUT2D eigenvalue weighted by molar-refractivity contribution is 0.0300. The molecule has 2 rings (SSSR count). The van der Waals surface area contributed by atoms with Gasteiger partial charge in [0.1, 0.15) is 0 Å². The van der Waals surface area contributed by atoms with Crippen LogP contribution in [-0.2, 0) is 14.8 Å². The van der Waals surface area contributed by atoms with Crippen molar-refractivity contribution in [1.29, 1.82) is 0 Å². The van der Waals surface area contributed by atoms with Gasteiger partial charge in [0.2, 0.25) is 10.0 Å². The van der Waals surface area contributed by atoms with Gasteiger partial charge >= 0.3 is 0 Å². The summed E-state index contributed by atoms with van der Waals surface area (Å²) in [5.74, 6) is 0.176. The maximum atomic E-state index is 12.1. The van der Waals surface area contributed by atoms with Crippen molar-refractivity contribution in [2.75, 3.05) is 13.2 Å². The number of nitrogens with one attached hydrogen (secondary N) is 1. The molecule has 1 saturated heterocycles. The van der Waals surface area contributed by atoms with E-state index in [0.717, 1.165) is 12.8 Å². The average molecular weight is 233 g/mol. The second-order valence-corrected chi connectivity index (χ2v) is 6.76. The molecule has 2 unspecified atom stereocenters. The molecule has 1 saturated carbocycles. The Balaban J connectivity index is 2.11. The number of hydrogen-bond acceptors (Lipinski definition) is 3. The van der Waals surface area contributed by atoms with Crippen molar-refractivity contribution in [3.05, 3.63) is 0 Å². The zero-order chi connectivity index (χ0) is 11.1. The minimum atomic E-state index is -3.15. The number of sulfonamides is 1. The van der Waals surface area contributed by atoms with E-state index in [1.807, 2.05) is 13.8 Å². The van der Waals surface area contributed by atoms with Crippen LogP contribution in [0.2, 0.25) is 0 Å². The lowest BCUT2D eigenvalue weighted by Gasteiger charge is -2.33. The monoisotopic (exact) mass is 233 g/mol. The predicted octanol–water partition coefficient (Wildman–Crippen LogP) is 0.739. The van der Waals surface area contributed by atoms with Crippen LogP contribution in [0.25, 0.3) is 0 Å².